The Bertz CT molecular complexity index is 783. The van der Waals surface area contributed by atoms with Crippen molar-refractivity contribution in [1.82, 2.24) is 0 Å². The third-order valence-electron chi connectivity index (χ3n) is 7.85. The van der Waals surface area contributed by atoms with Gasteiger partial charge < -0.3 is 10.2 Å². The monoisotopic (exact) mass is 392 g/mol. The first-order valence-electron chi connectivity index (χ1n) is 11.5. The Morgan fingerprint density at radius 3 is 1.38 bits per heavy atom. The lowest BCUT2D eigenvalue weighted by molar-refractivity contribution is 0.319. The molecule has 0 radical (unpaired) electrons. The lowest BCUT2D eigenvalue weighted by Gasteiger charge is -2.35. The Kier molecular flexibility index (Phi) is 5.64. The fourth-order valence-corrected chi connectivity index (χ4v) is 5.65. The second-order valence-electron chi connectivity index (χ2n) is 10.1. The largest absolute Gasteiger partial charge is 0.508 e. The number of rotatable bonds is 4. The van der Waals surface area contributed by atoms with Crippen LogP contribution in [0, 0.1) is 0 Å². The van der Waals surface area contributed by atoms with Gasteiger partial charge >= 0.3 is 0 Å². The van der Waals surface area contributed by atoms with Gasteiger partial charge in [0, 0.05) is 6.42 Å². The van der Waals surface area contributed by atoms with Crippen molar-refractivity contribution in [3.05, 3.63) is 58.7 Å². The zero-order valence-electron chi connectivity index (χ0n) is 18.1. The highest BCUT2D eigenvalue weighted by Crippen LogP contribution is 2.42. The van der Waals surface area contributed by atoms with Gasteiger partial charge in [0.05, 0.1) is 0 Å². The molecule has 0 unspecified atom stereocenters. The predicted molar refractivity (Wildman–Crippen MR) is 120 cm³/mol. The Hall–Kier alpha value is -1.96. The van der Waals surface area contributed by atoms with Gasteiger partial charge in [0.2, 0.25) is 0 Å². The first-order chi connectivity index (χ1) is 13.9. The number of benzene rings is 2. The third kappa shape index (κ3) is 4.17. The van der Waals surface area contributed by atoms with Crippen LogP contribution in [-0.4, -0.2) is 10.2 Å². The highest BCUT2D eigenvalue weighted by Gasteiger charge is 2.30. The maximum atomic E-state index is 10.6. The molecule has 29 heavy (non-hydrogen) atoms. The van der Waals surface area contributed by atoms with Crippen LogP contribution in [0.25, 0.3) is 0 Å². The van der Waals surface area contributed by atoms with Crippen molar-refractivity contribution >= 4 is 0 Å². The van der Waals surface area contributed by atoms with Crippen molar-refractivity contribution in [3.8, 4) is 11.5 Å². The molecule has 0 heterocycles. The molecule has 2 fully saturated rings. The summed E-state index contributed by atoms with van der Waals surface area (Å²) in [6.45, 7) is 4.73. The van der Waals surface area contributed by atoms with Crippen molar-refractivity contribution in [2.24, 2.45) is 0 Å². The summed E-state index contributed by atoms with van der Waals surface area (Å²) in [5.74, 6) is 0.670. The highest BCUT2D eigenvalue weighted by atomic mass is 16.3. The number of phenols is 2. The minimum atomic E-state index is 0.208. The van der Waals surface area contributed by atoms with Crippen LogP contribution in [0.2, 0.25) is 0 Å². The van der Waals surface area contributed by atoms with E-state index in [1.165, 1.54) is 75.3 Å². The quantitative estimate of drug-likeness (QED) is 0.581. The molecule has 4 rings (SSSR count). The molecule has 2 aliphatic carbocycles. The summed E-state index contributed by atoms with van der Waals surface area (Å²) in [6, 6.07) is 12.3. The molecule has 0 bridgehead atoms. The summed E-state index contributed by atoms with van der Waals surface area (Å²) in [7, 11) is 0. The van der Waals surface area contributed by atoms with E-state index >= 15 is 0 Å². The van der Waals surface area contributed by atoms with Gasteiger partial charge in [-0.25, -0.2) is 0 Å². The highest BCUT2D eigenvalue weighted by molar-refractivity contribution is 5.47. The van der Waals surface area contributed by atoms with Gasteiger partial charge in [0.15, 0.2) is 0 Å². The summed E-state index contributed by atoms with van der Waals surface area (Å²) < 4.78 is 0. The summed E-state index contributed by atoms with van der Waals surface area (Å²) in [5.41, 5.74) is 4.94. The summed E-state index contributed by atoms with van der Waals surface area (Å²) in [5, 5.41) is 21.1. The molecule has 2 aromatic rings. The molecular weight excluding hydrogens is 356 g/mol. The molecule has 0 atom stereocenters. The lowest BCUT2D eigenvalue weighted by atomic mass is 9.70. The van der Waals surface area contributed by atoms with Crippen LogP contribution in [0.4, 0.5) is 0 Å². The Balaban J connectivity index is 1.63. The van der Waals surface area contributed by atoms with Gasteiger partial charge in [-0.3, -0.25) is 0 Å². The second-order valence-corrected chi connectivity index (χ2v) is 10.1. The maximum absolute atomic E-state index is 10.6. The first kappa shape index (κ1) is 20.3. The average Bonchev–Trinajstić information content (AvgIpc) is 2.72. The summed E-state index contributed by atoms with van der Waals surface area (Å²) >= 11 is 0. The smallest absolute Gasteiger partial charge is 0.119 e. The molecule has 0 amide bonds. The molecule has 2 saturated carbocycles. The van der Waals surface area contributed by atoms with E-state index < -0.39 is 0 Å². The molecule has 156 valence electrons. The van der Waals surface area contributed by atoms with Gasteiger partial charge in [0.25, 0.3) is 0 Å². The minimum absolute atomic E-state index is 0.208. The molecule has 2 aromatic carbocycles. The fraction of sp³-hybridized carbons (Fsp3) is 0.556. The van der Waals surface area contributed by atoms with E-state index in [1.807, 2.05) is 12.1 Å². The van der Waals surface area contributed by atoms with Crippen LogP contribution in [-0.2, 0) is 17.3 Å². The van der Waals surface area contributed by atoms with E-state index in [9.17, 15) is 10.2 Å². The normalized spacial score (nSPS) is 21.0. The summed E-state index contributed by atoms with van der Waals surface area (Å²) in [6.07, 6.45) is 13.3. The zero-order chi connectivity index (χ0) is 20.5. The zero-order valence-corrected chi connectivity index (χ0v) is 18.1. The van der Waals surface area contributed by atoms with Crippen LogP contribution in [0.3, 0.4) is 0 Å². The van der Waals surface area contributed by atoms with E-state index in [2.05, 4.69) is 38.1 Å². The molecule has 0 aromatic heterocycles. The summed E-state index contributed by atoms with van der Waals surface area (Å²) in [4.78, 5) is 0. The van der Waals surface area contributed by atoms with Crippen molar-refractivity contribution in [3.63, 3.8) is 0 Å². The van der Waals surface area contributed by atoms with Crippen molar-refractivity contribution < 1.29 is 10.2 Å². The molecule has 0 aliphatic heterocycles. The van der Waals surface area contributed by atoms with Gasteiger partial charge in [-0.15, -0.1) is 0 Å². The van der Waals surface area contributed by atoms with Crippen LogP contribution >= 0.6 is 0 Å². The van der Waals surface area contributed by atoms with E-state index in [4.69, 9.17) is 0 Å². The van der Waals surface area contributed by atoms with E-state index in [-0.39, 0.29) is 10.8 Å². The van der Waals surface area contributed by atoms with E-state index in [0.29, 0.717) is 17.9 Å². The maximum Gasteiger partial charge on any atom is 0.119 e. The first-order valence-corrected chi connectivity index (χ1v) is 11.5. The van der Waals surface area contributed by atoms with Crippen LogP contribution < -0.4 is 0 Å². The van der Waals surface area contributed by atoms with Crippen molar-refractivity contribution in [1.29, 1.82) is 0 Å². The Morgan fingerprint density at radius 2 is 1.00 bits per heavy atom. The molecule has 0 spiro atoms. The average molecular weight is 393 g/mol. The van der Waals surface area contributed by atoms with Gasteiger partial charge in [-0.1, -0.05) is 76.6 Å². The van der Waals surface area contributed by atoms with E-state index in [0.717, 1.165) is 11.1 Å². The number of hydrogen-bond acceptors (Lipinski definition) is 2. The third-order valence-corrected chi connectivity index (χ3v) is 7.85. The SMILES string of the molecule is CC1(c2ccc(O)c(Cc3cc(C4(C)CCCCC4)ccc3O)c2)CCCCC1. The second kappa shape index (κ2) is 8.05. The van der Waals surface area contributed by atoms with Crippen LogP contribution in [0.15, 0.2) is 36.4 Å². The minimum Gasteiger partial charge on any atom is -0.508 e. The molecular formula is C27H36O2. The molecule has 2 aliphatic rings. The number of aromatic hydroxyl groups is 2. The topological polar surface area (TPSA) is 40.5 Å². The molecule has 2 heteroatoms. The van der Waals surface area contributed by atoms with Crippen molar-refractivity contribution in [2.75, 3.05) is 0 Å². The predicted octanol–water partition coefficient (Wildman–Crippen LogP) is 7.13. The molecule has 2 nitrogen and oxygen atoms in total. The van der Waals surface area contributed by atoms with E-state index in [1.54, 1.807) is 0 Å². The van der Waals surface area contributed by atoms with Gasteiger partial charge in [0.1, 0.15) is 11.5 Å². The number of phenolic OH excluding ortho intramolecular Hbond substituents is 2. The van der Waals surface area contributed by atoms with Gasteiger partial charge in [-0.05, 0) is 70.9 Å². The molecule has 0 saturated heterocycles. The van der Waals surface area contributed by atoms with Crippen LogP contribution in [0.5, 0.6) is 11.5 Å². The van der Waals surface area contributed by atoms with Crippen molar-refractivity contribution in [2.45, 2.75) is 95.3 Å². The van der Waals surface area contributed by atoms with Crippen LogP contribution in [0.1, 0.15) is 100 Å². The lowest BCUT2D eigenvalue weighted by Crippen LogP contribution is -2.25. The van der Waals surface area contributed by atoms with Gasteiger partial charge in [-0.2, -0.15) is 0 Å². The fourth-order valence-electron chi connectivity index (χ4n) is 5.65. The molecule has 2 N–H and O–H groups in total. The number of hydrogen-bond donors (Lipinski definition) is 2. The standard InChI is InChI=1S/C27H36O2/c1-26(13-5-3-6-14-26)22-9-11-24(28)20(18-22)17-21-19-23(10-12-25(21)29)27(2)15-7-4-8-16-27/h9-12,18-19,28-29H,3-8,13-17H2,1-2H3. The Morgan fingerprint density at radius 1 is 0.621 bits per heavy atom. The Labute approximate surface area is 176 Å².